The highest BCUT2D eigenvalue weighted by molar-refractivity contribution is 5.83. The number of hydrogen-bond acceptors (Lipinski definition) is 8. The van der Waals surface area contributed by atoms with Gasteiger partial charge >= 0.3 is 0 Å². The number of likely N-dealkylation sites (N-methyl/N-ethyl adjacent to an activating group) is 1. The molecule has 0 saturated heterocycles. The maximum absolute atomic E-state index is 12.7. The Kier molecular flexibility index (Phi) is 4.69. The zero-order valence-corrected chi connectivity index (χ0v) is 14.3. The maximum Gasteiger partial charge on any atom is 0.280 e. The van der Waals surface area contributed by atoms with E-state index in [0.717, 1.165) is 0 Å². The van der Waals surface area contributed by atoms with E-state index in [1.165, 1.54) is 29.1 Å². The molecule has 142 valence electrons. The van der Waals surface area contributed by atoms with Crippen molar-refractivity contribution in [2.75, 3.05) is 12.3 Å². The molecule has 1 amide bonds. The fourth-order valence-corrected chi connectivity index (χ4v) is 2.72. The number of benzene rings is 1. The molecule has 2 heterocycles. The number of carbonyl (C=O) groups excluding carboxylic acids is 1. The molecule has 3 rings (SSSR count). The number of aromatic amines is 1. The highest BCUT2D eigenvalue weighted by atomic mass is 16.5. The first-order valence-corrected chi connectivity index (χ1v) is 8.04. The molecule has 0 radical (unpaired) electrons. The van der Waals surface area contributed by atoms with E-state index < -0.39 is 23.1 Å². The number of fused-ring (bicyclic) bond motifs is 1. The van der Waals surface area contributed by atoms with Crippen LogP contribution >= 0.6 is 0 Å². The van der Waals surface area contributed by atoms with Gasteiger partial charge in [-0.1, -0.05) is 6.07 Å². The number of nitrogen functional groups attached to an aromatic ring is 1. The van der Waals surface area contributed by atoms with Crippen LogP contribution in [0.2, 0.25) is 0 Å². The van der Waals surface area contributed by atoms with Crippen molar-refractivity contribution in [2.24, 2.45) is 0 Å². The first-order chi connectivity index (χ1) is 12.8. The molecule has 3 aromatic rings. The molecule has 0 fully saturated rings. The highest BCUT2D eigenvalue weighted by Gasteiger charge is 2.27. The fourth-order valence-electron chi connectivity index (χ4n) is 2.72. The number of carbonyl (C=O) groups is 1. The molecule has 2 aromatic heterocycles. The lowest BCUT2D eigenvalue weighted by Crippen LogP contribution is -2.34. The van der Waals surface area contributed by atoms with E-state index in [1.54, 1.807) is 6.92 Å². The minimum Gasteiger partial charge on any atom is -0.504 e. The van der Waals surface area contributed by atoms with Gasteiger partial charge in [-0.25, -0.2) is 10.0 Å². The van der Waals surface area contributed by atoms with Gasteiger partial charge in [0.25, 0.3) is 11.5 Å². The van der Waals surface area contributed by atoms with Gasteiger partial charge in [-0.15, -0.1) is 0 Å². The average Bonchev–Trinajstić information content (AvgIpc) is 3.03. The van der Waals surface area contributed by atoms with Gasteiger partial charge in [0.1, 0.15) is 0 Å². The number of hydrogen-bond donors (Lipinski definition) is 5. The van der Waals surface area contributed by atoms with E-state index in [4.69, 9.17) is 5.73 Å². The van der Waals surface area contributed by atoms with Crippen LogP contribution in [0.4, 0.5) is 5.95 Å². The lowest BCUT2D eigenvalue weighted by atomic mass is 9.97. The summed E-state index contributed by atoms with van der Waals surface area (Å²) < 4.78 is 1.46. The number of nitrogens with two attached hydrogens (primary N) is 1. The van der Waals surface area contributed by atoms with Crippen molar-refractivity contribution >= 4 is 23.0 Å². The van der Waals surface area contributed by atoms with Crippen molar-refractivity contribution in [3.8, 4) is 11.5 Å². The topological polar surface area (TPSA) is 171 Å². The predicted molar refractivity (Wildman–Crippen MR) is 94.2 cm³/mol. The van der Waals surface area contributed by atoms with E-state index >= 15 is 0 Å². The number of anilines is 1. The first kappa shape index (κ1) is 18.2. The zero-order valence-electron chi connectivity index (χ0n) is 14.3. The molecule has 27 heavy (non-hydrogen) atoms. The Morgan fingerprint density at radius 2 is 2.11 bits per heavy atom. The van der Waals surface area contributed by atoms with Gasteiger partial charge < -0.3 is 20.5 Å². The standard InChI is InChI=1S/C16H18N6O5/c1-2-22(27)15(26)9(8-3-4-10(23)11(24)5-8)6-21-7-18-12-13(21)19-16(17)20-14(12)25/h3-5,7,9,23-24,27H,2,6H2,1H3,(H3,17,19,20,25). The number of aromatic hydroxyl groups is 2. The van der Waals surface area contributed by atoms with Crippen LogP contribution in [-0.2, 0) is 11.3 Å². The van der Waals surface area contributed by atoms with E-state index in [2.05, 4.69) is 15.0 Å². The second-order valence-corrected chi connectivity index (χ2v) is 5.88. The second-order valence-electron chi connectivity index (χ2n) is 5.88. The Balaban J connectivity index is 2.07. The molecule has 0 aliphatic rings. The fraction of sp³-hybridized carbons (Fsp3) is 0.250. The third-order valence-electron chi connectivity index (χ3n) is 4.13. The molecule has 11 heteroatoms. The molecule has 1 atom stereocenters. The van der Waals surface area contributed by atoms with Crippen molar-refractivity contribution in [1.82, 2.24) is 24.6 Å². The lowest BCUT2D eigenvalue weighted by Gasteiger charge is -2.22. The first-order valence-electron chi connectivity index (χ1n) is 8.04. The quantitative estimate of drug-likeness (QED) is 0.238. The Labute approximate surface area is 152 Å². The minimum atomic E-state index is -0.943. The van der Waals surface area contributed by atoms with Crippen LogP contribution in [0.3, 0.4) is 0 Å². The average molecular weight is 374 g/mol. The summed E-state index contributed by atoms with van der Waals surface area (Å²) in [7, 11) is 0. The summed E-state index contributed by atoms with van der Waals surface area (Å²) in [5.41, 5.74) is 5.65. The van der Waals surface area contributed by atoms with Crippen molar-refractivity contribution < 1.29 is 20.2 Å². The second kappa shape index (κ2) is 6.96. The number of rotatable bonds is 5. The molecule has 1 unspecified atom stereocenters. The minimum absolute atomic E-state index is 0.0352. The SMILES string of the molecule is CCN(O)C(=O)C(Cn1cnc2c(=O)[nH]c(N)nc21)c1ccc(O)c(O)c1. The highest BCUT2D eigenvalue weighted by Crippen LogP contribution is 2.30. The van der Waals surface area contributed by atoms with Crippen molar-refractivity contribution in [3.63, 3.8) is 0 Å². The molecule has 6 N–H and O–H groups in total. The number of hydroxylamine groups is 2. The Morgan fingerprint density at radius 1 is 1.37 bits per heavy atom. The third kappa shape index (κ3) is 3.40. The summed E-state index contributed by atoms with van der Waals surface area (Å²) in [5.74, 6) is -2.42. The van der Waals surface area contributed by atoms with Crippen LogP contribution in [0.1, 0.15) is 18.4 Å². The summed E-state index contributed by atoms with van der Waals surface area (Å²) >= 11 is 0. The summed E-state index contributed by atoms with van der Waals surface area (Å²) in [4.78, 5) is 34.9. The van der Waals surface area contributed by atoms with E-state index in [1.807, 2.05) is 0 Å². The van der Waals surface area contributed by atoms with Crippen LogP contribution in [0, 0.1) is 0 Å². The maximum atomic E-state index is 12.7. The Morgan fingerprint density at radius 3 is 2.78 bits per heavy atom. The van der Waals surface area contributed by atoms with Crippen LogP contribution in [-0.4, -0.2) is 52.5 Å². The molecular formula is C16H18N6O5. The van der Waals surface area contributed by atoms with Crippen molar-refractivity contribution in [1.29, 1.82) is 0 Å². The summed E-state index contributed by atoms with van der Waals surface area (Å²) in [5, 5.41) is 29.7. The number of imidazole rings is 1. The zero-order chi connectivity index (χ0) is 19.7. The Bertz CT molecular complexity index is 1060. The molecule has 0 saturated carbocycles. The van der Waals surface area contributed by atoms with Gasteiger partial charge in [-0.2, -0.15) is 4.98 Å². The van der Waals surface area contributed by atoms with E-state index in [-0.39, 0.29) is 36.0 Å². The van der Waals surface area contributed by atoms with Crippen molar-refractivity contribution in [3.05, 3.63) is 40.4 Å². The molecular weight excluding hydrogens is 356 g/mol. The summed E-state index contributed by atoms with van der Waals surface area (Å²) in [6.07, 6.45) is 1.33. The number of H-pyrrole nitrogens is 1. The molecule has 0 aliphatic heterocycles. The van der Waals surface area contributed by atoms with Gasteiger partial charge in [-0.05, 0) is 24.6 Å². The summed E-state index contributed by atoms with van der Waals surface area (Å²) in [6.45, 7) is 1.61. The number of amides is 1. The largest absolute Gasteiger partial charge is 0.504 e. The van der Waals surface area contributed by atoms with Gasteiger partial charge in [0.2, 0.25) is 5.95 Å². The molecule has 11 nitrogen and oxygen atoms in total. The normalized spacial score (nSPS) is 12.2. The number of aromatic nitrogens is 4. The number of phenols is 2. The van der Waals surface area contributed by atoms with Crippen LogP contribution in [0.5, 0.6) is 11.5 Å². The van der Waals surface area contributed by atoms with Crippen LogP contribution < -0.4 is 11.3 Å². The molecule has 0 aliphatic carbocycles. The van der Waals surface area contributed by atoms with Gasteiger partial charge in [-0.3, -0.25) is 19.8 Å². The van der Waals surface area contributed by atoms with Crippen molar-refractivity contribution in [2.45, 2.75) is 19.4 Å². The Hall–Kier alpha value is -3.60. The number of phenolic OH excluding ortho intramolecular Hbond substituents is 2. The molecule has 1 aromatic carbocycles. The van der Waals surface area contributed by atoms with E-state index in [9.17, 15) is 25.0 Å². The van der Waals surface area contributed by atoms with Gasteiger partial charge in [0, 0.05) is 13.1 Å². The monoisotopic (exact) mass is 374 g/mol. The van der Waals surface area contributed by atoms with Gasteiger partial charge in [0.15, 0.2) is 22.7 Å². The molecule has 0 bridgehead atoms. The van der Waals surface area contributed by atoms with Crippen LogP contribution in [0.15, 0.2) is 29.3 Å². The third-order valence-corrected chi connectivity index (χ3v) is 4.13. The van der Waals surface area contributed by atoms with E-state index in [0.29, 0.717) is 10.6 Å². The molecule has 0 spiro atoms. The number of nitrogens with one attached hydrogen (secondary N) is 1. The smallest absolute Gasteiger partial charge is 0.280 e. The van der Waals surface area contributed by atoms with Crippen LogP contribution in [0.25, 0.3) is 11.2 Å². The number of nitrogens with zero attached hydrogens (tertiary/aromatic N) is 4. The van der Waals surface area contributed by atoms with Gasteiger partial charge in [0.05, 0.1) is 12.2 Å². The lowest BCUT2D eigenvalue weighted by molar-refractivity contribution is -0.166. The summed E-state index contributed by atoms with van der Waals surface area (Å²) in [6, 6.07) is 3.93. The predicted octanol–water partition coefficient (Wildman–Crippen LogP) is 0.134.